The van der Waals surface area contributed by atoms with Gasteiger partial charge in [-0.05, 0) is 43.3 Å². The smallest absolute Gasteiger partial charge is 0.137 e. The van der Waals surface area contributed by atoms with Crippen molar-refractivity contribution in [1.29, 1.82) is 0 Å². The van der Waals surface area contributed by atoms with E-state index in [4.69, 9.17) is 0 Å². The summed E-state index contributed by atoms with van der Waals surface area (Å²) in [5.41, 5.74) is 3.82. The number of pyridine rings is 1. The van der Waals surface area contributed by atoms with Crippen molar-refractivity contribution in [2.75, 3.05) is 0 Å². The molecule has 0 spiro atoms. The van der Waals surface area contributed by atoms with E-state index in [1.807, 2.05) is 35.7 Å². The van der Waals surface area contributed by atoms with Gasteiger partial charge in [0.25, 0.3) is 0 Å². The first-order valence-corrected chi connectivity index (χ1v) is 5.45. The number of benzene rings is 1. The minimum Gasteiger partial charge on any atom is -0.304 e. The first-order valence-electron chi connectivity index (χ1n) is 5.45. The van der Waals surface area contributed by atoms with Crippen LogP contribution in [0.2, 0.25) is 0 Å². The van der Waals surface area contributed by atoms with Gasteiger partial charge in [0.2, 0.25) is 0 Å². The van der Waals surface area contributed by atoms with Crippen LogP contribution in [0, 0.1) is 12.7 Å². The first-order chi connectivity index (χ1) is 8.24. The van der Waals surface area contributed by atoms with E-state index in [0.29, 0.717) is 0 Å². The minimum absolute atomic E-state index is 0. The van der Waals surface area contributed by atoms with Crippen LogP contribution in [-0.2, 0) is 0 Å². The molecular weight excluding hydrogens is 295 g/mol. The fourth-order valence-corrected chi connectivity index (χ4v) is 1.91. The zero-order chi connectivity index (χ0) is 11.8. The van der Waals surface area contributed by atoms with Crippen LogP contribution in [0.1, 0.15) is 5.69 Å². The lowest BCUT2D eigenvalue weighted by atomic mass is 10.2. The zero-order valence-electron chi connectivity index (χ0n) is 9.80. The Labute approximate surface area is 115 Å². The number of hydrogen-bond donors (Lipinski definition) is 0. The predicted molar refractivity (Wildman–Crippen MR) is 75.6 cm³/mol. The first kappa shape index (κ1) is 12.8. The van der Waals surface area contributed by atoms with Crippen molar-refractivity contribution in [2.45, 2.75) is 6.92 Å². The Morgan fingerprint density at radius 1 is 1.06 bits per heavy atom. The normalized spacial score (nSPS) is 10.3. The lowest BCUT2D eigenvalue weighted by Gasteiger charge is -1.96. The largest absolute Gasteiger partial charge is 0.304 e. The molecular formula is C14H12BrFN2. The Balaban J connectivity index is 0.00000120. The van der Waals surface area contributed by atoms with Gasteiger partial charge in [0, 0.05) is 17.5 Å². The summed E-state index contributed by atoms with van der Waals surface area (Å²) in [6, 6.07) is 12.4. The molecule has 2 heterocycles. The lowest BCUT2D eigenvalue weighted by molar-refractivity contribution is 0.628. The number of imidazole rings is 1. The fourth-order valence-electron chi connectivity index (χ4n) is 1.91. The molecule has 2 nitrogen and oxygen atoms in total. The molecule has 3 rings (SSSR count). The second-order valence-electron chi connectivity index (χ2n) is 4.03. The minimum atomic E-state index is -0.228. The lowest BCUT2D eigenvalue weighted by Crippen LogP contribution is -1.86. The Morgan fingerprint density at radius 2 is 1.78 bits per heavy atom. The second kappa shape index (κ2) is 4.90. The van der Waals surface area contributed by atoms with Gasteiger partial charge in [0.05, 0.1) is 5.69 Å². The number of rotatable bonds is 1. The van der Waals surface area contributed by atoms with E-state index in [2.05, 4.69) is 4.98 Å². The molecule has 0 aliphatic rings. The van der Waals surface area contributed by atoms with Crippen LogP contribution in [0.3, 0.4) is 0 Å². The van der Waals surface area contributed by atoms with Crippen LogP contribution < -0.4 is 0 Å². The molecule has 92 valence electrons. The van der Waals surface area contributed by atoms with Gasteiger partial charge in [-0.2, -0.15) is 0 Å². The molecule has 1 aromatic carbocycles. The van der Waals surface area contributed by atoms with Crippen molar-refractivity contribution in [1.82, 2.24) is 9.38 Å². The third kappa shape index (κ3) is 2.16. The van der Waals surface area contributed by atoms with Crippen LogP contribution in [0.4, 0.5) is 4.39 Å². The maximum atomic E-state index is 12.8. The molecule has 0 aliphatic heterocycles. The monoisotopic (exact) mass is 306 g/mol. The van der Waals surface area contributed by atoms with Crippen LogP contribution in [0.15, 0.2) is 48.7 Å². The van der Waals surface area contributed by atoms with Gasteiger partial charge in [-0.3, -0.25) is 0 Å². The summed E-state index contributed by atoms with van der Waals surface area (Å²) in [4.78, 5) is 4.51. The van der Waals surface area contributed by atoms with Gasteiger partial charge in [0.15, 0.2) is 0 Å². The van der Waals surface area contributed by atoms with E-state index >= 15 is 0 Å². The van der Waals surface area contributed by atoms with E-state index in [1.54, 1.807) is 12.1 Å². The van der Waals surface area contributed by atoms with Crippen LogP contribution in [-0.4, -0.2) is 9.38 Å². The molecule has 0 aliphatic carbocycles. The van der Waals surface area contributed by atoms with Gasteiger partial charge in [-0.25, -0.2) is 9.37 Å². The summed E-state index contributed by atoms with van der Waals surface area (Å²) in [7, 11) is 0. The van der Waals surface area contributed by atoms with E-state index in [-0.39, 0.29) is 22.8 Å². The molecule has 4 heteroatoms. The van der Waals surface area contributed by atoms with E-state index in [9.17, 15) is 4.39 Å². The predicted octanol–water partition coefficient (Wildman–Crippen LogP) is 4.03. The molecule has 0 saturated heterocycles. The van der Waals surface area contributed by atoms with Gasteiger partial charge >= 0.3 is 0 Å². The molecule has 2 aromatic heterocycles. The van der Waals surface area contributed by atoms with Gasteiger partial charge in [0.1, 0.15) is 11.5 Å². The molecule has 3 aromatic rings. The van der Waals surface area contributed by atoms with E-state index in [0.717, 1.165) is 22.6 Å². The maximum Gasteiger partial charge on any atom is 0.137 e. The average Bonchev–Trinajstić information content (AvgIpc) is 2.75. The third-order valence-corrected chi connectivity index (χ3v) is 2.84. The number of hydrogen-bond acceptors (Lipinski definition) is 1. The van der Waals surface area contributed by atoms with E-state index < -0.39 is 0 Å². The molecule has 0 fully saturated rings. The van der Waals surface area contributed by atoms with Crippen LogP contribution in [0.5, 0.6) is 0 Å². The molecule has 0 radical (unpaired) electrons. The topological polar surface area (TPSA) is 17.3 Å². The Morgan fingerprint density at radius 3 is 2.44 bits per heavy atom. The van der Waals surface area contributed by atoms with E-state index in [1.165, 1.54) is 12.1 Å². The van der Waals surface area contributed by atoms with Crippen molar-refractivity contribution in [3.63, 3.8) is 0 Å². The zero-order valence-corrected chi connectivity index (χ0v) is 11.5. The summed E-state index contributed by atoms with van der Waals surface area (Å²) in [5.74, 6) is -0.228. The summed E-state index contributed by atoms with van der Waals surface area (Å²) in [6.45, 7) is 2.03. The summed E-state index contributed by atoms with van der Waals surface area (Å²) >= 11 is 0. The Kier molecular flexibility index (Phi) is 3.48. The second-order valence-corrected chi connectivity index (χ2v) is 4.03. The highest BCUT2D eigenvalue weighted by Gasteiger charge is 2.05. The number of aromatic nitrogens is 2. The standard InChI is InChI=1S/C14H11FN2.BrH/c1-10-3-2-4-14-16-13(9-17(10)14)11-5-7-12(15)8-6-11;/h2-9H,1H3;1H. The van der Waals surface area contributed by atoms with Crippen molar-refractivity contribution in [2.24, 2.45) is 0 Å². The molecule has 0 bridgehead atoms. The van der Waals surface area contributed by atoms with Gasteiger partial charge in [-0.1, -0.05) is 6.07 Å². The Hall–Kier alpha value is -1.68. The van der Waals surface area contributed by atoms with Crippen molar-refractivity contribution >= 4 is 22.6 Å². The summed E-state index contributed by atoms with van der Waals surface area (Å²) in [5, 5.41) is 0. The molecule has 0 atom stereocenters. The van der Waals surface area contributed by atoms with Gasteiger partial charge in [-0.15, -0.1) is 17.0 Å². The number of fused-ring (bicyclic) bond motifs is 1. The third-order valence-electron chi connectivity index (χ3n) is 2.84. The molecule has 0 saturated carbocycles. The Bertz CT molecular complexity index is 674. The quantitative estimate of drug-likeness (QED) is 0.663. The number of nitrogens with zero attached hydrogens (tertiary/aromatic N) is 2. The van der Waals surface area contributed by atoms with Crippen molar-refractivity contribution in [3.8, 4) is 11.3 Å². The van der Waals surface area contributed by atoms with Crippen LogP contribution in [0.25, 0.3) is 16.9 Å². The summed E-state index contributed by atoms with van der Waals surface area (Å²) in [6.07, 6.45) is 1.97. The SMILES string of the molecule is Br.Cc1cccc2nc(-c3ccc(F)cc3)cn12. The molecule has 0 N–H and O–H groups in total. The maximum absolute atomic E-state index is 12.8. The van der Waals surface area contributed by atoms with Crippen molar-refractivity contribution < 1.29 is 4.39 Å². The highest BCUT2D eigenvalue weighted by atomic mass is 79.9. The number of aryl methyl sites for hydroxylation is 1. The van der Waals surface area contributed by atoms with Crippen molar-refractivity contribution in [3.05, 3.63) is 60.2 Å². The van der Waals surface area contributed by atoms with Crippen LogP contribution >= 0.6 is 17.0 Å². The average molecular weight is 307 g/mol. The molecule has 0 unspecified atom stereocenters. The molecule has 18 heavy (non-hydrogen) atoms. The fraction of sp³-hybridized carbons (Fsp3) is 0.0714. The number of halogens is 2. The highest BCUT2D eigenvalue weighted by Crippen LogP contribution is 2.20. The molecule has 0 amide bonds. The van der Waals surface area contributed by atoms with Gasteiger partial charge < -0.3 is 4.40 Å². The summed E-state index contributed by atoms with van der Waals surface area (Å²) < 4.78 is 14.9. The highest BCUT2D eigenvalue weighted by molar-refractivity contribution is 8.93.